The van der Waals surface area contributed by atoms with Gasteiger partial charge < -0.3 is 4.74 Å². The fraction of sp³-hybridized carbons (Fsp3) is 0.294. The van der Waals surface area contributed by atoms with Crippen molar-refractivity contribution < 1.29 is 9.53 Å². The number of aromatic nitrogens is 3. The van der Waals surface area contributed by atoms with Crippen LogP contribution in [-0.2, 0) is 0 Å². The number of carbonyl (C=O) groups excluding carboxylic acids is 1. The Kier molecular flexibility index (Phi) is 6.29. The van der Waals surface area contributed by atoms with E-state index in [1.165, 1.54) is 29.3 Å². The number of ether oxygens (including phenoxy) is 1. The molecule has 0 radical (unpaired) electrons. The lowest BCUT2D eigenvalue weighted by atomic mass is 10.3. The summed E-state index contributed by atoms with van der Waals surface area (Å²) in [5.41, 5.74) is 0.941. The van der Waals surface area contributed by atoms with Gasteiger partial charge in [-0.3, -0.25) is 10.1 Å². The molecule has 3 rings (SSSR count). The predicted octanol–water partition coefficient (Wildman–Crippen LogP) is 4.89. The van der Waals surface area contributed by atoms with Crippen LogP contribution in [0.1, 0.15) is 30.8 Å². The molecule has 0 saturated heterocycles. The molecule has 6 nitrogen and oxygen atoms in total. The second kappa shape index (κ2) is 8.66. The van der Waals surface area contributed by atoms with Crippen LogP contribution in [0.2, 0.25) is 5.02 Å². The van der Waals surface area contributed by atoms with Crippen molar-refractivity contribution in [3.8, 4) is 5.75 Å². The molecular weight excluding hydrogens is 392 g/mol. The highest BCUT2D eigenvalue weighted by atomic mass is 35.5. The molecule has 2 aromatic heterocycles. The van der Waals surface area contributed by atoms with Crippen LogP contribution in [-0.4, -0.2) is 33.2 Å². The van der Waals surface area contributed by atoms with E-state index in [9.17, 15) is 4.79 Å². The second-order valence-corrected chi connectivity index (χ2v) is 7.73. The van der Waals surface area contributed by atoms with E-state index in [1.54, 1.807) is 0 Å². The molecule has 0 aliphatic rings. The third-order valence-corrected chi connectivity index (χ3v) is 5.54. The van der Waals surface area contributed by atoms with E-state index in [0.717, 1.165) is 28.1 Å². The number of carbonyl (C=O) groups is 1. The van der Waals surface area contributed by atoms with Crippen LogP contribution in [0.25, 0.3) is 10.2 Å². The summed E-state index contributed by atoms with van der Waals surface area (Å²) < 4.78 is 6.42. The fourth-order valence-corrected chi connectivity index (χ4v) is 3.88. The summed E-state index contributed by atoms with van der Waals surface area (Å²) in [5.74, 6) is 1.25. The largest absolute Gasteiger partial charge is 0.494 e. The average molecular weight is 409 g/mol. The van der Waals surface area contributed by atoms with Gasteiger partial charge in [0, 0.05) is 5.75 Å². The third-order valence-electron chi connectivity index (χ3n) is 3.26. The van der Waals surface area contributed by atoms with E-state index >= 15 is 0 Å². The van der Waals surface area contributed by atoms with E-state index in [-0.39, 0.29) is 10.7 Å². The minimum Gasteiger partial charge on any atom is -0.494 e. The monoisotopic (exact) mass is 408 g/mol. The summed E-state index contributed by atoms with van der Waals surface area (Å²) in [4.78, 5) is 25.4. The SMILES string of the molecule is CCCSc1ncc(Cl)c(C(=O)Nc2nc3ccc(OCC)cc3s2)n1. The number of amides is 1. The lowest BCUT2D eigenvalue weighted by molar-refractivity contribution is 0.102. The van der Waals surface area contributed by atoms with Crippen molar-refractivity contribution in [1.29, 1.82) is 0 Å². The number of anilines is 1. The van der Waals surface area contributed by atoms with Crippen LogP contribution in [0.4, 0.5) is 5.13 Å². The zero-order chi connectivity index (χ0) is 18.5. The van der Waals surface area contributed by atoms with Crippen molar-refractivity contribution in [1.82, 2.24) is 15.0 Å². The average Bonchev–Trinajstić information content (AvgIpc) is 3.02. The molecule has 1 aromatic carbocycles. The Balaban J connectivity index is 1.80. The van der Waals surface area contributed by atoms with Crippen molar-refractivity contribution >= 4 is 56.0 Å². The Bertz CT molecular complexity index is 932. The molecule has 1 N–H and O–H groups in total. The zero-order valence-corrected chi connectivity index (χ0v) is 16.7. The Morgan fingerprint density at radius 2 is 2.19 bits per heavy atom. The zero-order valence-electron chi connectivity index (χ0n) is 14.3. The molecule has 0 bridgehead atoms. The highest BCUT2D eigenvalue weighted by Gasteiger charge is 2.16. The number of hydrogen-bond acceptors (Lipinski definition) is 7. The topological polar surface area (TPSA) is 77.0 Å². The number of thiazole rings is 1. The normalized spacial score (nSPS) is 10.9. The molecule has 0 atom stereocenters. The predicted molar refractivity (Wildman–Crippen MR) is 107 cm³/mol. The number of thioether (sulfide) groups is 1. The lowest BCUT2D eigenvalue weighted by Gasteiger charge is -2.05. The molecule has 3 aromatic rings. The first-order valence-electron chi connectivity index (χ1n) is 8.10. The number of fused-ring (bicyclic) bond motifs is 1. The molecule has 0 spiro atoms. The molecule has 136 valence electrons. The quantitative estimate of drug-likeness (QED) is 0.443. The summed E-state index contributed by atoms with van der Waals surface area (Å²) >= 11 is 8.96. The van der Waals surface area contributed by atoms with Crippen molar-refractivity contribution in [2.45, 2.75) is 25.4 Å². The Labute approximate surface area is 164 Å². The lowest BCUT2D eigenvalue weighted by Crippen LogP contribution is -2.15. The smallest absolute Gasteiger partial charge is 0.277 e. The van der Waals surface area contributed by atoms with Crippen LogP contribution in [0, 0.1) is 0 Å². The molecule has 0 saturated carbocycles. The second-order valence-electron chi connectivity index (χ2n) is 5.23. The molecule has 0 aliphatic heterocycles. The first-order valence-corrected chi connectivity index (χ1v) is 10.3. The fourth-order valence-electron chi connectivity index (χ4n) is 2.14. The molecule has 0 fully saturated rings. The molecule has 0 aliphatic carbocycles. The van der Waals surface area contributed by atoms with Crippen LogP contribution >= 0.6 is 34.7 Å². The highest BCUT2D eigenvalue weighted by Crippen LogP contribution is 2.30. The van der Waals surface area contributed by atoms with Crippen molar-refractivity contribution in [3.63, 3.8) is 0 Å². The number of rotatable bonds is 7. The molecule has 0 unspecified atom stereocenters. The van der Waals surface area contributed by atoms with Gasteiger partial charge in [-0.05, 0) is 31.5 Å². The van der Waals surface area contributed by atoms with E-state index in [2.05, 4.69) is 27.2 Å². The number of benzene rings is 1. The third kappa shape index (κ3) is 4.44. The van der Waals surface area contributed by atoms with Gasteiger partial charge in [0.15, 0.2) is 16.0 Å². The van der Waals surface area contributed by atoms with Gasteiger partial charge in [-0.15, -0.1) is 0 Å². The van der Waals surface area contributed by atoms with Gasteiger partial charge >= 0.3 is 0 Å². The first-order chi connectivity index (χ1) is 12.6. The Morgan fingerprint density at radius 1 is 1.35 bits per heavy atom. The van der Waals surface area contributed by atoms with Crippen LogP contribution in [0.5, 0.6) is 5.75 Å². The maximum Gasteiger partial charge on any atom is 0.277 e. The van der Waals surface area contributed by atoms with Crippen LogP contribution in [0.15, 0.2) is 29.6 Å². The molecular formula is C17H17ClN4O2S2. The molecule has 9 heteroatoms. The number of halogens is 1. The van der Waals surface area contributed by atoms with Crippen LogP contribution < -0.4 is 10.1 Å². The van der Waals surface area contributed by atoms with Gasteiger partial charge in [0.25, 0.3) is 5.91 Å². The van der Waals surface area contributed by atoms with E-state index in [0.29, 0.717) is 16.9 Å². The van der Waals surface area contributed by atoms with Crippen molar-refractivity contribution in [2.24, 2.45) is 0 Å². The minimum absolute atomic E-state index is 0.148. The summed E-state index contributed by atoms with van der Waals surface area (Å²) in [5, 5.41) is 3.99. The Morgan fingerprint density at radius 3 is 2.96 bits per heavy atom. The maximum absolute atomic E-state index is 12.6. The summed E-state index contributed by atoms with van der Waals surface area (Å²) in [7, 11) is 0. The molecule has 26 heavy (non-hydrogen) atoms. The standard InChI is InChI=1S/C17H17ClN4O2S2/c1-3-7-25-16-19-9-11(18)14(21-16)15(23)22-17-20-12-6-5-10(24-4-2)8-13(12)26-17/h5-6,8-9H,3-4,7H2,1-2H3,(H,20,22,23). The van der Waals surface area contributed by atoms with E-state index in [4.69, 9.17) is 16.3 Å². The first kappa shape index (κ1) is 18.9. The summed E-state index contributed by atoms with van der Waals surface area (Å²) in [6.45, 7) is 4.60. The van der Waals surface area contributed by atoms with Gasteiger partial charge in [0.2, 0.25) is 0 Å². The van der Waals surface area contributed by atoms with Gasteiger partial charge in [-0.25, -0.2) is 15.0 Å². The summed E-state index contributed by atoms with van der Waals surface area (Å²) in [6, 6.07) is 5.63. The number of hydrogen-bond donors (Lipinski definition) is 1. The Hall–Kier alpha value is -1.90. The van der Waals surface area contributed by atoms with E-state index < -0.39 is 5.91 Å². The van der Waals surface area contributed by atoms with Gasteiger partial charge in [-0.1, -0.05) is 41.6 Å². The maximum atomic E-state index is 12.6. The van der Waals surface area contributed by atoms with E-state index in [1.807, 2.05) is 25.1 Å². The number of nitrogens with zero attached hydrogens (tertiary/aromatic N) is 3. The number of nitrogens with one attached hydrogen (secondary N) is 1. The van der Waals surface area contributed by atoms with Gasteiger partial charge in [-0.2, -0.15) is 0 Å². The van der Waals surface area contributed by atoms with Crippen LogP contribution in [0.3, 0.4) is 0 Å². The summed E-state index contributed by atoms with van der Waals surface area (Å²) in [6.07, 6.45) is 2.45. The van der Waals surface area contributed by atoms with Gasteiger partial charge in [0.05, 0.1) is 28.0 Å². The molecule has 2 heterocycles. The molecule has 1 amide bonds. The highest BCUT2D eigenvalue weighted by molar-refractivity contribution is 7.99. The van der Waals surface area contributed by atoms with Gasteiger partial charge in [0.1, 0.15) is 5.75 Å². The van der Waals surface area contributed by atoms with Crippen molar-refractivity contribution in [2.75, 3.05) is 17.7 Å². The minimum atomic E-state index is -0.403. The van der Waals surface area contributed by atoms with Crippen molar-refractivity contribution in [3.05, 3.63) is 35.1 Å².